The minimum absolute atomic E-state index is 0.000974. The highest BCUT2D eigenvalue weighted by Crippen LogP contribution is 2.31. The first-order chi connectivity index (χ1) is 9.74. The van der Waals surface area contributed by atoms with Gasteiger partial charge in [-0.3, -0.25) is 4.79 Å². The maximum Gasteiger partial charge on any atom is 0.214 e. The average Bonchev–Trinajstić information content (AvgIpc) is 2.90. The van der Waals surface area contributed by atoms with Crippen molar-refractivity contribution in [2.24, 2.45) is 0 Å². The number of aromatic nitrogens is 4. The van der Waals surface area contributed by atoms with E-state index in [0.29, 0.717) is 17.4 Å². The Labute approximate surface area is 121 Å². The Morgan fingerprint density at radius 1 is 1.25 bits per heavy atom. The number of tetrazole rings is 1. The maximum absolute atomic E-state index is 11.9. The van der Waals surface area contributed by atoms with Crippen LogP contribution in [-0.4, -0.2) is 31.2 Å². The van der Waals surface area contributed by atoms with E-state index in [-0.39, 0.29) is 5.25 Å². The van der Waals surface area contributed by atoms with Gasteiger partial charge in [-0.25, -0.2) is 0 Å². The van der Waals surface area contributed by atoms with Crippen LogP contribution in [0.5, 0.6) is 0 Å². The van der Waals surface area contributed by atoms with Crippen molar-refractivity contribution in [3.63, 3.8) is 0 Å². The van der Waals surface area contributed by atoms with E-state index in [1.807, 2.05) is 31.2 Å². The minimum atomic E-state index is -0.000974. The highest BCUT2D eigenvalue weighted by atomic mass is 32.2. The number of thioether (sulfide) groups is 1. The van der Waals surface area contributed by atoms with E-state index in [4.69, 9.17) is 0 Å². The molecule has 1 aliphatic carbocycles. The van der Waals surface area contributed by atoms with Gasteiger partial charge in [-0.15, -0.1) is 5.10 Å². The van der Waals surface area contributed by atoms with Crippen LogP contribution in [0.1, 0.15) is 31.2 Å². The summed E-state index contributed by atoms with van der Waals surface area (Å²) in [6, 6.07) is 8.02. The Bertz CT molecular complexity index is 608. The molecule has 0 N–H and O–H groups in total. The molecule has 2 aromatic rings. The zero-order valence-corrected chi connectivity index (χ0v) is 12.1. The fourth-order valence-corrected chi connectivity index (χ4v) is 3.42. The first-order valence-corrected chi connectivity index (χ1v) is 7.67. The summed E-state index contributed by atoms with van der Waals surface area (Å²) in [5.41, 5.74) is 2.12. The molecule has 0 amide bonds. The number of hydrogen-bond acceptors (Lipinski definition) is 5. The number of ketones is 1. The van der Waals surface area contributed by atoms with E-state index in [2.05, 4.69) is 15.5 Å². The molecular weight excluding hydrogens is 272 g/mol. The van der Waals surface area contributed by atoms with Crippen molar-refractivity contribution in [3.05, 3.63) is 29.8 Å². The molecule has 0 spiro atoms. The number of aryl methyl sites for hydroxylation is 1. The van der Waals surface area contributed by atoms with E-state index in [1.54, 1.807) is 4.68 Å². The molecule has 104 valence electrons. The van der Waals surface area contributed by atoms with E-state index in [0.717, 1.165) is 24.9 Å². The van der Waals surface area contributed by atoms with Gasteiger partial charge in [-0.2, -0.15) is 4.68 Å². The fraction of sp³-hybridized carbons (Fsp3) is 0.429. The molecule has 1 aromatic heterocycles. The summed E-state index contributed by atoms with van der Waals surface area (Å²) in [5.74, 6) is 0.319. The van der Waals surface area contributed by atoms with Gasteiger partial charge < -0.3 is 0 Å². The number of carbonyl (C=O) groups is 1. The summed E-state index contributed by atoms with van der Waals surface area (Å²) in [4.78, 5) is 11.9. The smallest absolute Gasteiger partial charge is 0.214 e. The molecule has 0 unspecified atom stereocenters. The first kappa shape index (κ1) is 13.3. The zero-order valence-electron chi connectivity index (χ0n) is 11.3. The third-order valence-electron chi connectivity index (χ3n) is 3.47. The van der Waals surface area contributed by atoms with Crippen molar-refractivity contribution < 1.29 is 4.79 Å². The van der Waals surface area contributed by atoms with Crippen LogP contribution in [0.25, 0.3) is 5.69 Å². The topological polar surface area (TPSA) is 60.7 Å². The van der Waals surface area contributed by atoms with Crippen LogP contribution in [0.4, 0.5) is 0 Å². The van der Waals surface area contributed by atoms with Crippen LogP contribution >= 0.6 is 11.8 Å². The van der Waals surface area contributed by atoms with Gasteiger partial charge in [-0.05, 0) is 42.3 Å². The Morgan fingerprint density at radius 3 is 2.80 bits per heavy atom. The molecule has 0 aliphatic heterocycles. The van der Waals surface area contributed by atoms with E-state index in [9.17, 15) is 4.79 Å². The van der Waals surface area contributed by atoms with Gasteiger partial charge in [0.1, 0.15) is 5.78 Å². The summed E-state index contributed by atoms with van der Waals surface area (Å²) in [6.07, 6.45) is 3.72. The summed E-state index contributed by atoms with van der Waals surface area (Å²) in [7, 11) is 0. The molecule has 3 rings (SSSR count). The zero-order chi connectivity index (χ0) is 13.9. The number of benzene rings is 1. The SMILES string of the molecule is Cc1ccc(-n2nnnc2S[C@H]2CCCCC2=O)cc1. The molecule has 1 aliphatic rings. The maximum atomic E-state index is 11.9. The number of nitrogens with zero attached hydrogens (tertiary/aromatic N) is 4. The highest BCUT2D eigenvalue weighted by Gasteiger charge is 2.25. The van der Waals surface area contributed by atoms with E-state index >= 15 is 0 Å². The molecule has 0 radical (unpaired) electrons. The number of Topliss-reactive ketones (excluding diaryl/α,β-unsaturated/α-hetero) is 1. The second-order valence-electron chi connectivity index (χ2n) is 5.03. The van der Waals surface area contributed by atoms with Crippen molar-refractivity contribution >= 4 is 17.5 Å². The van der Waals surface area contributed by atoms with Gasteiger partial charge in [0, 0.05) is 6.42 Å². The third kappa shape index (κ3) is 2.75. The number of rotatable bonds is 3. The summed E-state index contributed by atoms with van der Waals surface area (Å²) in [5, 5.41) is 12.5. The molecule has 6 heteroatoms. The predicted octanol–water partition coefficient (Wildman–Crippen LogP) is 2.57. The van der Waals surface area contributed by atoms with Gasteiger partial charge in [-0.1, -0.05) is 35.9 Å². The van der Waals surface area contributed by atoms with E-state index < -0.39 is 0 Å². The van der Waals surface area contributed by atoms with Crippen molar-refractivity contribution in [2.45, 2.75) is 43.0 Å². The Kier molecular flexibility index (Phi) is 3.82. The summed E-state index contributed by atoms with van der Waals surface area (Å²) in [6.45, 7) is 2.04. The van der Waals surface area contributed by atoms with Gasteiger partial charge in [0.15, 0.2) is 0 Å². The van der Waals surface area contributed by atoms with Crippen LogP contribution in [0.3, 0.4) is 0 Å². The quantitative estimate of drug-likeness (QED) is 0.868. The normalized spacial score (nSPS) is 19.2. The molecule has 0 bridgehead atoms. The summed E-state index contributed by atoms with van der Waals surface area (Å²) < 4.78 is 1.70. The second kappa shape index (κ2) is 5.75. The van der Waals surface area contributed by atoms with Crippen LogP contribution < -0.4 is 0 Å². The Morgan fingerprint density at radius 2 is 2.05 bits per heavy atom. The molecule has 1 atom stereocenters. The fourth-order valence-electron chi connectivity index (χ4n) is 2.30. The van der Waals surface area contributed by atoms with Crippen LogP contribution in [0.15, 0.2) is 29.4 Å². The lowest BCUT2D eigenvalue weighted by Gasteiger charge is -2.18. The van der Waals surface area contributed by atoms with Gasteiger partial charge in [0.25, 0.3) is 0 Å². The molecule has 1 aromatic carbocycles. The lowest BCUT2D eigenvalue weighted by atomic mass is 9.99. The van der Waals surface area contributed by atoms with Crippen LogP contribution in [-0.2, 0) is 4.79 Å². The molecule has 1 saturated carbocycles. The van der Waals surface area contributed by atoms with Gasteiger partial charge in [0.2, 0.25) is 5.16 Å². The highest BCUT2D eigenvalue weighted by molar-refractivity contribution is 8.00. The number of carbonyl (C=O) groups excluding carboxylic acids is 1. The van der Waals surface area contributed by atoms with Crippen molar-refractivity contribution in [1.82, 2.24) is 20.2 Å². The largest absolute Gasteiger partial charge is 0.298 e. The number of hydrogen-bond donors (Lipinski definition) is 0. The molecule has 1 heterocycles. The first-order valence-electron chi connectivity index (χ1n) is 6.79. The molecule has 0 saturated heterocycles. The lowest BCUT2D eigenvalue weighted by Crippen LogP contribution is -2.21. The molecule has 20 heavy (non-hydrogen) atoms. The second-order valence-corrected chi connectivity index (χ2v) is 6.20. The lowest BCUT2D eigenvalue weighted by molar-refractivity contribution is -0.119. The molecule has 5 nitrogen and oxygen atoms in total. The molecular formula is C14H16N4OS. The minimum Gasteiger partial charge on any atom is -0.298 e. The van der Waals surface area contributed by atoms with Crippen molar-refractivity contribution in [3.8, 4) is 5.69 Å². The molecule has 1 fully saturated rings. The monoisotopic (exact) mass is 288 g/mol. The van der Waals surface area contributed by atoms with Crippen molar-refractivity contribution in [2.75, 3.05) is 0 Å². The van der Waals surface area contributed by atoms with Crippen LogP contribution in [0, 0.1) is 6.92 Å². The van der Waals surface area contributed by atoms with E-state index in [1.165, 1.54) is 17.3 Å². The Hall–Kier alpha value is -1.69. The van der Waals surface area contributed by atoms with Crippen molar-refractivity contribution in [1.29, 1.82) is 0 Å². The van der Waals surface area contributed by atoms with Gasteiger partial charge >= 0.3 is 0 Å². The third-order valence-corrected chi connectivity index (χ3v) is 4.71. The predicted molar refractivity (Wildman–Crippen MR) is 77.0 cm³/mol. The van der Waals surface area contributed by atoms with Gasteiger partial charge in [0.05, 0.1) is 10.9 Å². The summed E-state index contributed by atoms with van der Waals surface area (Å²) >= 11 is 1.48. The van der Waals surface area contributed by atoms with Crippen LogP contribution in [0.2, 0.25) is 0 Å². The standard InChI is InChI=1S/C14H16N4OS/c1-10-6-8-11(9-7-10)18-14(15-16-17-18)20-13-5-3-2-4-12(13)19/h6-9,13H,2-5H2,1H3/t13-/m0/s1. The Balaban J connectivity index is 1.83. The average molecular weight is 288 g/mol.